The fourth-order valence-electron chi connectivity index (χ4n) is 9.15. The quantitative estimate of drug-likeness (QED) is 0.0514. The molecule has 2 aliphatic rings. The molecular formula is C47H52BN3O8S. The molecule has 0 unspecified atom stereocenters. The van der Waals surface area contributed by atoms with Gasteiger partial charge in [0.15, 0.2) is 5.41 Å². The molecule has 0 bridgehead atoms. The minimum absolute atomic E-state index is 0.0163. The van der Waals surface area contributed by atoms with E-state index in [1.54, 1.807) is 0 Å². The minimum atomic E-state index is -3.72. The maximum Gasteiger partial charge on any atom is 0.409 e. The molecule has 5 aromatic carbocycles. The van der Waals surface area contributed by atoms with Crippen LogP contribution >= 0.6 is 0 Å². The summed E-state index contributed by atoms with van der Waals surface area (Å²) in [7, 11) is -1.15. The number of esters is 3. The molecule has 0 fully saturated rings. The van der Waals surface area contributed by atoms with E-state index in [4.69, 9.17) is 14.2 Å². The lowest BCUT2D eigenvalue weighted by atomic mass is 9.58. The van der Waals surface area contributed by atoms with Gasteiger partial charge in [-0.1, -0.05) is 68.4 Å². The van der Waals surface area contributed by atoms with E-state index in [0.29, 0.717) is 38.9 Å². The van der Waals surface area contributed by atoms with Crippen LogP contribution in [0.5, 0.6) is 0 Å². The van der Waals surface area contributed by atoms with Crippen molar-refractivity contribution in [2.24, 2.45) is 5.41 Å². The van der Waals surface area contributed by atoms with Gasteiger partial charge in [-0.25, -0.2) is 13.2 Å². The van der Waals surface area contributed by atoms with Gasteiger partial charge in [0, 0.05) is 55.7 Å². The van der Waals surface area contributed by atoms with Gasteiger partial charge in [-0.15, -0.1) is 0 Å². The number of ether oxygens (including phenoxy) is 3. The summed E-state index contributed by atoms with van der Waals surface area (Å²) in [6.45, 7) is 8.94. The lowest BCUT2D eigenvalue weighted by molar-refractivity contribution is -0.168. The van der Waals surface area contributed by atoms with Crippen molar-refractivity contribution in [2.75, 3.05) is 44.0 Å². The first-order valence-corrected chi connectivity index (χ1v) is 22.0. The molecule has 13 heteroatoms. The highest BCUT2D eigenvalue weighted by atomic mass is 32.2. The molecule has 0 aromatic heterocycles. The first kappa shape index (κ1) is 42.5. The van der Waals surface area contributed by atoms with Crippen LogP contribution in [0.15, 0.2) is 95.9 Å². The molecule has 60 heavy (non-hydrogen) atoms. The van der Waals surface area contributed by atoms with Gasteiger partial charge in [-0.2, -0.15) is 4.31 Å². The van der Waals surface area contributed by atoms with Crippen LogP contribution in [0, 0.1) is 19.3 Å². The monoisotopic (exact) mass is 829 g/mol. The van der Waals surface area contributed by atoms with E-state index in [0.717, 1.165) is 61.0 Å². The fourth-order valence-corrected chi connectivity index (χ4v) is 10.8. The third-order valence-corrected chi connectivity index (χ3v) is 14.0. The number of nitrogens with zero attached hydrogens (tertiary/aromatic N) is 2. The Labute approximate surface area is 353 Å². The van der Waals surface area contributed by atoms with Crippen LogP contribution in [0.1, 0.15) is 70.4 Å². The number of anilines is 2. The first-order chi connectivity index (χ1) is 28.9. The predicted octanol–water partition coefficient (Wildman–Crippen LogP) is 6.93. The summed E-state index contributed by atoms with van der Waals surface area (Å²) in [6.07, 6.45) is 1.94. The van der Waals surface area contributed by atoms with Gasteiger partial charge in [0.2, 0.25) is 10.0 Å². The molecule has 0 amide bonds. The van der Waals surface area contributed by atoms with Crippen molar-refractivity contribution in [1.82, 2.24) is 4.31 Å². The van der Waals surface area contributed by atoms with Crippen molar-refractivity contribution in [3.8, 4) is 0 Å². The smallest absolute Gasteiger partial charge is 0.409 e. The van der Waals surface area contributed by atoms with Crippen LogP contribution in [-0.2, 0) is 59.6 Å². The summed E-state index contributed by atoms with van der Waals surface area (Å²) in [6, 6.07) is 28.7. The average Bonchev–Trinajstić information content (AvgIpc) is 3.69. The van der Waals surface area contributed by atoms with Gasteiger partial charge in [-0.05, 0) is 107 Å². The average molecular weight is 830 g/mol. The number of nitrogens with one attached hydrogen (secondary N) is 1. The van der Waals surface area contributed by atoms with Gasteiger partial charge < -0.3 is 24.2 Å². The van der Waals surface area contributed by atoms with Gasteiger partial charge >= 0.3 is 24.9 Å². The topological polar surface area (TPSA) is 132 Å². The fraction of sp³-hybridized carbons (Fsp3) is 0.340. The summed E-state index contributed by atoms with van der Waals surface area (Å²) >= 11 is 0. The van der Waals surface area contributed by atoms with E-state index < -0.39 is 40.3 Å². The Morgan fingerprint density at radius 3 is 2.03 bits per heavy atom. The number of methoxy groups -OCH3 is 2. The van der Waals surface area contributed by atoms with Crippen molar-refractivity contribution < 1.29 is 37.0 Å². The summed E-state index contributed by atoms with van der Waals surface area (Å²) < 4.78 is 44.6. The second-order valence-corrected chi connectivity index (χ2v) is 17.6. The van der Waals surface area contributed by atoms with Crippen LogP contribution in [-0.4, -0.2) is 71.5 Å². The zero-order chi connectivity index (χ0) is 42.8. The molecule has 0 saturated carbocycles. The highest BCUT2D eigenvalue weighted by Crippen LogP contribution is 2.44. The van der Waals surface area contributed by atoms with Crippen LogP contribution in [0.4, 0.5) is 11.4 Å². The van der Waals surface area contributed by atoms with Gasteiger partial charge in [0.05, 0.1) is 31.3 Å². The molecule has 1 aliphatic carbocycles. The summed E-state index contributed by atoms with van der Waals surface area (Å²) in [5, 5.41) is 6.10. The summed E-state index contributed by atoms with van der Waals surface area (Å²) in [4.78, 5) is 43.1. The lowest BCUT2D eigenvalue weighted by Gasteiger charge is -2.40. The minimum Gasteiger partial charge on any atom is -0.468 e. The van der Waals surface area contributed by atoms with Crippen molar-refractivity contribution in [3.05, 3.63) is 130 Å². The summed E-state index contributed by atoms with van der Waals surface area (Å²) in [5.41, 5.74) is 7.32. The number of fused-ring (bicyclic) bond motifs is 1. The third-order valence-electron chi connectivity index (χ3n) is 12.1. The highest BCUT2D eigenvalue weighted by Gasteiger charge is 2.54. The lowest BCUT2D eigenvalue weighted by Crippen LogP contribution is -2.58. The van der Waals surface area contributed by atoms with Gasteiger partial charge in [0.25, 0.3) is 0 Å². The van der Waals surface area contributed by atoms with Crippen molar-refractivity contribution in [3.63, 3.8) is 0 Å². The van der Waals surface area contributed by atoms with E-state index in [9.17, 15) is 22.8 Å². The maximum absolute atomic E-state index is 13.6. The number of carbonyl (C=O) groups is 3. The largest absolute Gasteiger partial charge is 0.468 e. The van der Waals surface area contributed by atoms with Crippen LogP contribution < -0.4 is 15.5 Å². The molecule has 0 atom stereocenters. The van der Waals surface area contributed by atoms with E-state index >= 15 is 0 Å². The van der Waals surface area contributed by atoms with E-state index in [-0.39, 0.29) is 29.9 Å². The predicted molar refractivity (Wildman–Crippen MR) is 235 cm³/mol. The molecule has 1 heterocycles. The highest BCUT2D eigenvalue weighted by molar-refractivity contribution is 7.89. The molecule has 0 spiro atoms. The standard InChI is InChI=1S/C47H52BN3O8S/c1-7-25-50(26-8-2)60(55,56)36-22-20-35(21-23-36)44(52)59-27-24-37-31(3)38-28-47(45(53)57-5,46(54)58-6)29-39(38)32(4)43(37)48-49-40-18-12-16-34-17-13-19-41(42(34)40)51(48)30-33-14-10-9-11-15-33/h9-23,49H,7-8,24-30H2,1-6H3. The molecule has 0 radical (unpaired) electrons. The zero-order valence-electron chi connectivity index (χ0n) is 35.2. The second kappa shape index (κ2) is 17.5. The number of benzene rings is 5. The molecular weight excluding hydrogens is 777 g/mol. The Kier molecular flexibility index (Phi) is 12.4. The molecule has 1 N–H and O–H groups in total. The maximum atomic E-state index is 13.6. The van der Waals surface area contributed by atoms with E-state index in [2.05, 4.69) is 52.5 Å². The number of hydrogen-bond acceptors (Lipinski definition) is 10. The molecule has 5 aromatic rings. The molecule has 312 valence electrons. The normalized spacial score (nSPS) is 14.2. The number of carbonyl (C=O) groups excluding carboxylic acids is 3. The van der Waals surface area contributed by atoms with Gasteiger partial charge in [-0.3, -0.25) is 9.59 Å². The van der Waals surface area contributed by atoms with E-state index in [1.807, 2.05) is 52.0 Å². The first-order valence-electron chi connectivity index (χ1n) is 20.6. The Hall–Kier alpha value is -5.66. The molecule has 1 aliphatic heterocycles. The van der Waals surface area contributed by atoms with Crippen LogP contribution in [0.2, 0.25) is 0 Å². The number of rotatable bonds is 15. The Morgan fingerprint density at radius 1 is 0.800 bits per heavy atom. The van der Waals surface area contributed by atoms with Crippen LogP contribution in [0.3, 0.4) is 0 Å². The third kappa shape index (κ3) is 7.65. The van der Waals surface area contributed by atoms with Crippen molar-refractivity contribution in [1.29, 1.82) is 0 Å². The second-order valence-electron chi connectivity index (χ2n) is 15.7. The van der Waals surface area contributed by atoms with E-state index in [1.165, 1.54) is 42.8 Å². The molecule has 11 nitrogen and oxygen atoms in total. The Morgan fingerprint density at radius 2 is 1.42 bits per heavy atom. The zero-order valence-corrected chi connectivity index (χ0v) is 36.0. The Bertz CT molecular complexity index is 2520. The summed E-state index contributed by atoms with van der Waals surface area (Å²) in [5.74, 6) is -1.87. The van der Waals surface area contributed by atoms with Crippen LogP contribution in [0.25, 0.3) is 10.8 Å². The SMILES string of the molecule is CCCN(CCC)S(=O)(=O)c1ccc(C(=O)OCCc2c(C)c3c(c(C)c2B2Nc4cccc5cccc(c45)N2Cc2ccccc2)CC(C(=O)OC)(C(=O)OC)C3)cc1. The molecule has 0 saturated heterocycles. The van der Waals surface area contributed by atoms with Crippen molar-refractivity contribution in [2.45, 2.75) is 71.2 Å². The number of sulfonamides is 1. The molecule has 7 rings (SSSR count). The van der Waals surface area contributed by atoms with Crippen molar-refractivity contribution >= 4 is 62.5 Å². The van der Waals surface area contributed by atoms with Gasteiger partial charge in [0.1, 0.15) is 0 Å². The Balaban J connectivity index is 1.28. The number of hydrogen-bond donors (Lipinski definition) is 1.